The fraction of sp³-hybridized carbons (Fsp3) is 0.353. The molecule has 2 aromatic rings. The second-order valence-electron chi connectivity index (χ2n) is 5.66. The first-order valence-corrected chi connectivity index (χ1v) is 9.69. The molecule has 2 rings (SSSR count). The van der Waals surface area contributed by atoms with Crippen LogP contribution in [0.3, 0.4) is 0 Å². The lowest BCUT2D eigenvalue weighted by atomic mass is 10.2. The Morgan fingerprint density at radius 1 is 1.28 bits per heavy atom. The van der Waals surface area contributed by atoms with Crippen LogP contribution >= 0.6 is 0 Å². The first-order valence-electron chi connectivity index (χ1n) is 7.84. The molecule has 8 heteroatoms. The number of nitrogens with zero attached hydrogens (tertiary/aromatic N) is 1. The van der Waals surface area contributed by atoms with Gasteiger partial charge in [0.25, 0.3) is 0 Å². The average Bonchev–Trinajstić information content (AvgIpc) is 3.05. The SMILES string of the molecule is CC(C(=O)NCCCc1ccco1)N(c1ccccc1F)S(C)(=O)=O. The first kappa shape index (κ1) is 19.0. The molecule has 0 aliphatic rings. The average molecular weight is 368 g/mol. The summed E-state index contributed by atoms with van der Waals surface area (Å²) in [6.07, 6.45) is 3.82. The number of amides is 1. The number of carbonyl (C=O) groups is 1. The molecule has 0 aliphatic carbocycles. The Morgan fingerprint density at radius 3 is 2.60 bits per heavy atom. The summed E-state index contributed by atoms with van der Waals surface area (Å²) >= 11 is 0. The van der Waals surface area contributed by atoms with Crippen LogP contribution in [0.4, 0.5) is 10.1 Å². The molecule has 1 N–H and O–H groups in total. The van der Waals surface area contributed by atoms with Gasteiger partial charge in [-0.15, -0.1) is 0 Å². The van der Waals surface area contributed by atoms with Gasteiger partial charge in [0.15, 0.2) is 0 Å². The lowest BCUT2D eigenvalue weighted by Crippen LogP contribution is -2.48. The van der Waals surface area contributed by atoms with Crippen LogP contribution < -0.4 is 9.62 Å². The molecule has 136 valence electrons. The van der Waals surface area contributed by atoms with E-state index in [2.05, 4.69) is 5.32 Å². The standard InChI is InChI=1S/C17H21FN2O4S/c1-13(17(21)19-11-5-7-14-8-6-12-24-14)20(25(2,22)23)16-10-4-3-9-15(16)18/h3-4,6,8-10,12-13H,5,7,11H2,1-2H3,(H,19,21). The van der Waals surface area contributed by atoms with Gasteiger partial charge in [0, 0.05) is 13.0 Å². The number of hydrogen-bond donors (Lipinski definition) is 1. The van der Waals surface area contributed by atoms with Crippen LogP contribution in [0.15, 0.2) is 47.1 Å². The Hall–Kier alpha value is -2.35. The molecule has 1 atom stereocenters. The fourth-order valence-electron chi connectivity index (χ4n) is 2.49. The van der Waals surface area contributed by atoms with Crippen LogP contribution in [0.2, 0.25) is 0 Å². The van der Waals surface area contributed by atoms with Crippen molar-refractivity contribution in [2.24, 2.45) is 0 Å². The van der Waals surface area contributed by atoms with Gasteiger partial charge in [-0.2, -0.15) is 0 Å². The highest BCUT2D eigenvalue weighted by Gasteiger charge is 2.30. The van der Waals surface area contributed by atoms with Gasteiger partial charge in [0.2, 0.25) is 15.9 Å². The smallest absolute Gasteiger partial charge is 0.243 e. The van der Waals surface area contributed by atoms with E-state index in [0.29, 0.717) is 19.4 Å². The summed E-state index contributed by atoms with van der Waals surface area (Å²) in [7, 11) is -3.83. The van der Waals surface area contributed by atoms with Crippen LogP contribution in [0, 0.1) is 5.82 Å². The van der Waals surface area contributed by atoms with Crippen LogP contribution in [-0.4, -0.2) is 33.2 Å². The Bertz CT molecular complexity index is 806. The van der Waals surface area contributed by atoms with Gasteiger partial charge >= 0.3 is 0 Å². The maximum atomic E-state index is 14.0. The Morgan fingerprint density at radius 2 is 2.00 bits per heavy atom. The second-order valence-corrected chi connectivity index (χ2v) is 7.52. The summed E-state index contributed by atoms with van der Waals surface area (Å²) in [6, 6.07) is 8.01. The van der Waals surface area contributed by atoms with Crippen molar-refractivity contribution in [1.82, 2.24) is 5.32 Å². The molecule has 6 nitrogen and oxygen atoms in total. The number of benzene rings is 1. The van der Waals surface area contributed by atoms with Crippen molar-refractivity contribution >= 4 is 21.6 Å². The number of hydrogen-bond acceptors (Lipinski definition) is 4. The second kappa shape index (κ2) is 8.15. The van der Waals surface area contributed by atoms with Crippen molar-refractivity contribution in [1.29, 1.82) is 0 Å². The number of anilines is 1. The van der Waals surface area contributed by atoms with E-state index in [9.17, 15) is 17.6 Å². The third-order valence-corrected chi connectivity index (χ3v) is 4.89. The molecular formula is C17H21FN2O4S. The van der Waals surface area contributed by atoms with E-state index in [4.69, 9.17) is 4.42 Å². The zero-order valence-corrected chi connectivity index (χ0v) is 14.9. The molecule has 1 heterocycles. The van der Waals surface area contributed by atoms with E-state index in [1.807, 2.05) is 6.07 Å². The first-order chi connectivity index (χ1) is 11.8. The maximum Gasteiger partial charge on any atom is 0.243 e. The summed E-state index contributed by atoms with van der Waals surface area (Å²) < 4.78 is 44.2. The Labute approximate surface area is 146 Å². The molecule has 0 saturated heterocycles. The molecule has 1 amide bonds. The van der Waals surface area contributed by atoms with E-state index in [1.54, 1.807) is 12.3 Å². The lowest BCUT2D eigenvalue weighted by Gasteiger charge is -2.28. The summed E-state index contributed by atoms with van der Waals surface area (Å²) in [5.41, 5.74) is -0.150. The molecule has 0 aliphatic heterocycles. The largest absolute Gasteiger partial charge is 0.469 e. The number of furan rings is 1. The van der Waals surface area contributed by atoms with E-state index in [-0.39, 0.29) is 5.69 Å². The van der Waals surface area contributed by atoms with Crippen molar-refractivity contribution in [3.63, 3.8) is 0 Å². The molecule has 0 saturated carbocycles. The van der Waals surface area contributed by atoms with Crippen molar-refractivity contribution in [2.45, 2.75) is 25.8 Å². The normalized spacial score (nSPS) is 12.6. The fourth-order valence-corrected chi connectivity index (χ4v) is 3.66. The predicted octanol–water partition coefficient (Wildman–Crippen LogP) is 2.32. The summed E-state index contributed by atoms with van der Waals surface area (Å²) in [6.45, 7) is 1.79. The number of rotatable bonds is 8. The van der Waals surface area contributed by atoms with Gasteiger partial charge in [-0.1, -0.05) is 12.1 Å². The van der Waals surface area contributed by atoms with Crippen LogP contribution in [0.1, 0.15) is 19.1 Å². The number of aryl methyl sites for hydroxylation is 1. The molecule has 1 aromatic carbocycles. The van der Waals surface area contributed by atoms with E-state index < -0.39 is 27.8 Å². The van der Waals surface area contributed by atoms with Gasteiger partial charge in [-0.25, -0.2) is 12.8 Å². The van der Waals surface area contributed by atoms with Crippen molar-refractivity contribution in [2.75, 3.05) is 17.1 Å². The molecule has 1 aromatic heterocycles. The number of para-hydroxylation sites is 1. The quantitative estimate of drug-likeness (QED) is 0.725. The summed E-state index contributed by atoms with van der Waals surface area (Å²) in [4.78, 5) is 12.3. The maximum absolute atomic E-state index is 14.0. The highest BCUT2D eigenvalue weighted by Crippen LogP contribution is 2.24. The minimum Gasteiger partial charge on any atom is -0.469 e. The topological polar surface area (TPSA) is 79.6 Å². The van der Waals surface area contributed by atoms with Crippen molar-refractivity contribution < 1.29 is 22.0 Å². The van der Waals surface area contributed by atoms with Gasteiger partial charge in [-0.05, 0) is 37.6 Å². The molecule has 25 heavy (non-hydrogen) atoms. The Kier molecular flexibility index (Phi) is 6.19. The minimum absolute atomic E-state index is 0.150. The predicted molar refractivity (Wildman–Crippen MR) is 93.2 cm³/mol. The number of nitrogens with one attached hydrogen (secondary N) is 1. The zero-order valence-electron chi connectivity index (χ0n) is 14.1. The Balaban J connectivity index is 2.02. The molecule has 0 radical (unpaired) electrons. The third kappa shape index (κ3) is 5.06. The highest BCUT2D eigenvalue weighted by atomic mass is 32.2. The highest BCUT2D eigenvalue weighted by molar-refractivity contribution is 7.92. The number of halogens is 1. The van der Waals surface area contributed by atoms with Crippen LogP contribution in [-0.2, 0) is 21.2 Å². The van der Waals surface area contributed by atoms with Gasteiger partial charge in [0.05, 0.1) is 18.2 Å². The van der Waals surface area contributed by atoms with Crippen LogP contribution in [0.5, 0.6) is 0 Å². The zero-order chi connectivity index (χ0) is 18.4. The molecule has 1 unspecified atom stereocenters. The summed E-state index contributed by atoms with van der Waals surface area (Å²) in [5, 5.41) is 2.68. The third-order valence-electron chi connectivity index (χ3n) is 3.66. The summed E-state index contributed by atoms with van der Waals surface area (Å²) in [5.74, 6) is -0.384. The number of carbonyl (C=O) groups excluding carboxylic acids is 1. The molecule has 0 fully saturated rings. The number of sulfonamides is 1. The van der Waals surface area contributed by atoms with Gasteiger partial charge in [-0.3, -0.25) is 9.10 Å². The molecule has 0 bridgehead atoms. The minimum atomic E-state index is -3.83. The van der Waals surface area contributed by atoms with Gasteiger partial charge in [0.1, 0.15) is 17.6 Å². The molecular weight excluding hydrogens is 347 g/mol. The lowest BCUT2D eigenvalue weighted by molar-refractivity contribution is -0.121. The van der Waals surface area contributed by atoms with E-state index in [1.165, 1.54) is 25.1 Å². The van der Waals surface area contributed by atoms with Crippen molar-refractivity contribution in [3.8, 4) is 0 Å². The van der Waals surface area contributed by atoms with E-state index >= 15 is 0 Å². The monoisotopic (exact) mass is 368 g/mol. The van der Waals surface area contributed by atoms with Crippen molar-refractivity contribution in [3.05, 3.63) is 54.2 Å². The van der Waals surface area contributed by atoms with E-state index in [0.717, 1.165) is 22.4 Å². The molecule has 0 spiro atoms. The van der Waals surface area contributed by atoms with Crippen LogP contribution in [0.25, 0.3) is 0 Å². The van der Waals surface area contributed by atoms with Gasteiger partial charge < -0.3 is 9.73 Å².